The van der Waals surface area contributed by atoms with Crippen LogP contribution in [0.5, 0.6) is 51.7 Å². The number of hydrogen-bond donors (Lipinski definition) is 1. The van der Waals surface area contributed by atoms with Crippen LogP contribution in [0.4, 0.5) is 5.69 Å². The summed E-state index contributed by atoms with van der Waals surface area (Å²) in [6.07, 6.45) is 48.7. The van der Waals surface area contributed by atoms with E-state index in [1.165, 1.54) is 198 Å². The van der Waals surface area contributed by atoms with Crippen molar-refractivity contribution < 1.29 is 57.4 Å². The molecule has 97 heavy (non-hydrogen) atoms. The molecule has 5 aromatic carbocycles. The lowest BCUT2D eigenvalue weighted by molar-refractivity contribution is 0.0682. The van der Waals surface area contributed by atoms with Crippen LogP contribution in [-0.4, -0.2) is 62.3 Å². The number of nitrogens with zero attached hydrogens (tertiary/aromatic N) is 1. The highest BCUT2D eigenvalue weighted by Gasteiger charge is 2.22. The molecule has 0 heterocycles. The van der Waals surface area contributed by atoms with Gasteiger partial charge in [0.1, 0.15) is 23.0 Å². The minimum absolute atomic E-state index is 0.00279. The number of carbonyl (C=O) groups is 3. The minimum atomic E-state index is -0.683. The number of benzene rings is 5. The standard InChI is InChI=1S/C84H123NO12/c1-6-11-16-21-26-31-36-41-58-90-73-52-46-68(47-53-73)82(87)96-77-57-51-72(65-78(77)97-83(88)69-48-54-74(55-49-69)91-59-42-37-32-27-22-17-12-7-2)85-67-70-50-56-75(66-76(70)86)95-84(89)71-63-79(92-60-43-38-33-28-23-18-13-8-3)81(94-62-45-40-35-30-25-20-15-10-5)80(64-71)93-61-44-39-34-29-24-19-14-9-4/h46-57,63-67,86H,6-45,58-62H2,1-5H3. The Labute approximate surface area is 584 Å². The first-order chi connectivity index (χ1) is 47.7. The molecule has 0 aromatic heterocycles. The number of ether oxygens (including phenoxy) is 8. The molecule has 13 heteroatoms. The molecule has 0 unspecified atom stereocenters. The van der Waals surface area contributed by atoms with Gasteiger partial charge in [-0.2, -0.15) is 0 Å². The van der Waals surface area contributed by atoms with Gasteiger partial charge in [0.15, 0.2) is 23.0 Å². The lowest BCUT2D eigenvalue weighted by Crippen LogP contribution is -2.12. The molecule has 5 aromatic rings. The van der Waals surface area contributed by atoms with Gasteiger partial charge in [0.05, 0.1) is 55.4 Å². The second-order valence-electron chi connectivity index (χ2n) is 26.2. The van der Waals surface area contributed by atoms with Crippen LogP contribution in [0.25, 0.3) is 0 Å². The van der Waals surface area contributed by atoms with Crippen molar-refractivity contribution in [2.75, 3.05) is 33.0 Å². The van der Waals surface area contributed by atoms with Gasteiger partial charge in [-0.05, 0) is 117 Å². The van der Waals surface area contributed by atoms with E-state index in [1.807, 2.05) is 0 Å². The number of aromatic hydroxyl groups is 1. The zero-order valence-electron chi connectivity index (χ0n) is 60.5. The van der Waals surface area contributed by atoms with Gasteiger partial charge in [0.25, 0.3) is 0 Å². The monoisotopic (exact) mass is 1340 g/mol. The molecule has 1 N–H and O–H groups in total. The molecule has 0 bridgehead atoms. The van der Waals surface area contributed by atoms with Gasteiger partial charge < -0.3 is 43.0 Å². The van der Waals surface area contributed by atoms with E-state index in [0.29, 0.717) is 73.0 Å². The molecule has 0 fully saturated rings. The first-order valence-corrected chi connectivity index (χ1v) is 38.4. The van der Waals surface area contributed by atoms with E-state index in [0.717, 1.165) is 83.5 Å². The van der Waals surface area contributed by atoms with Crippen LogP contribution >= 0.6 is 0 Å². The van der Waals surface area contributed by atoms with Crippen molar-refractivity contribution in [1.29, 1.82) is 0 Å². The van der Waals surface area contributed by atoms with Crippen molar-refractivity contribution in [2.24, 2.45) is 4.99 Å². The summed E-state index contributed by atoms with van der Waals surface area (Å²) in [5, 5.41) is 11.4. The number of rotatable bonds is 58. The molecule has 0 saturated heterocycles. The summed E-state index contributed by atoms with van der Waals surface area (Å²) in [5.74, 6) is 0.583. The van der Waals surface area contributed by atoms with Crippen molar-refractivity contribution in [3.8, 4) is 51.7 Å². The molecule has 13 nitrogen and oxygen atoms in total. The Balaban J connectivity index is 1.31. The van der Waals surface area contributed by atoms with Gasteiger partial charge in [0, 0.05) is 23.9 Å². The third-order valence-electron chi connectivity index (χ3n) is 17.6. The van der Waals surface area contributed by atoms with Crippen molar-refractivity contribution in [2.45, 2.75) is 291 Å². The second kappa shape index (κ2) is 52.1. The molecule has 0 aliphatic carbocycles. The highest BCUT2D eigenvalue weighted by molar-refractivity contribution is 5.95. The number of hydrogen-bond acceptors (Lipinski definition) is 13. The summed E-state index contributed by atoms with van der Waals surface area (Å²) in [6, 6.07) is 26.1. The summed E-state index contributed by atoms with van der Waals surface area (Å²) in [5.41, 5.74) is 1.42. The topological polar surface area (TPSA) is 158 Å². The first kappa shape index (κ1) is 80.7. The summed E-state index contributed by atoms with van der Waals surface area (Å²) in [6.45, 7) is 13.8. The van der Waals surface area contributed by atoms with Crippen LogP contribution in [0.2, 0.25) is 0 Å². The van der Waals surface area contributed by atoms with Gasteiger partial charge in [-0.15, -0.1) is 0 Å². The van der Waals surface area contributed by atoms with E-state index in [2.05, 4.69) is 39.6 Å². The summed E-state index contributed by atoms with van der Waals surface area (Å²) < 4.78 is 49.4. The maximum absolute atomic E-state index is 14.2. The van der Waals surface area contributed by atoms with Crippen LogP contribution in [0.15, 0.2) is 102 Å². The third-order valence-corrected chi connectivity index (χ3v) is 17.6. The number of phenolic OH excluding ortho intramolecular Hbond substituents is 1. The number of unbranched alkanes of at least 4 members (excludes halogenated alkanes) is 35. The molecule has 0 aliphatic heterocycles. The second-order valence-corrected chi connectivity index (χ2v) is 26.2. The fourth-order valence-corrected chi connectivity index (χ4v) is 11.6. The predicted octanol–water partition coefficient (Wildman–Crippen LogP) is 24.4. The lowest BCUT2D eigenvalue weighted by atomic mass is 10.1. The average Bonchev–Trinajstić information content (AvgIpc) is 0.893. The number of aliphatic imine (C=N–C) groups is 1. The SMILES string of the molecule is CCCCCCCCCCOc1ccc(C(=O)Oc2ccc(N=Cc3ccc(OC(=O)c4cc(OCCCCCCCCCC)c(OCCCCCCCCCC)c(OCCCCCCCCCC)c4)cc3O)cc2OC(=O)c2ccc(OCCCCCCCCCC)cc2)cc1. The maximum atomic E-state index is 14.2. The highest BCUT2D eigenvalue weighted by atomic mass is 16.6. The van der Waals surface area contributed by atoms with Crippen LogP contribution in [0, 0.1) is 0 Å². The molecule has 0 amide bonds. The molecule has 0 atom stereocenters. The fourth-order valence-electron chi connectivity index (χ4n) is 11.6. The van der Waals surface area contributed by atoms with Crippen molar-refractivity contribution >= 4 is 29.8 Å². The zero-order valence-corrected chi connectivity index (χ0v) is 60.5. The molecule has 0 saturated carbocycles. The summed E-state index contributed by atoms with van der Waals surface area (Å²) in [4.78, 5) is 46.4. The quantitative estimate of drug-likeness (QED) is 0.0170. The predicted molar refractivity (Wildman–Crippen MR) is 397 cm³/mol. The van der Waals surface area contributed by atoms with Crippen LogP contribution in [0.1, 0.15) is 328 Å². The fraction of sp³-hybridized carbons (Fsp3) is 0.595. The van der Waals surface area contributed by atoms with E-state index < -0.39 is 17.9 Å². The highest BCUT2D eigenvalue weighted by Crippen LogP contribution is 2.41. The lowest BCUT2D eigenvalue weighted by Gasteiger charge is -2.19. The van der Waals surface area contributed by atoms with Crippen LogP contribution < -0.4 is 37.9 Å². The normalized spacial score (nSPS) is 11.3. The van der Waals surface area contributed by atoms with E-state index in [4.69, 9.17) is 37.9 Å². The zero-order chi connectivity index (χ0) is 69.0. The molecular formula is C84H123NO12. The molecule has 0 aliphatic rings. The van der Waals surface area contributed by atoms with Gasteiger partial charge in [-0.3, -0.25) is 4.99 Å². The molecular weight excluding hydrogens is 1210 g/mol. The Morgan fingerprint density at radius 1 is 0.309 bits per heavy atom. The Kier molecular flexibility index (Phi) is 43.3. The minimum Gasteiger partial charge on any atom is -0.507 e. The molecule has 0 radical (unpaired) electrons. The van der Waals surface area contributed by atoms with E-state index >= 15 is 0 Å². The average molecular weight is 1340 g/mol. The van der Waals surface area contributed by atoms with E-state index in [9.17, 15) is 19.5 Å². The molecule has 536 valence electrons. The Hall–Kier alpha value is -7.02. The third kappa shape index (κ3) is 34.9. The number of carbonyl (C=O) groups excluding carboxylic acids is 3. The Morgan fingerprint density at radius 3 is 1.02 bits per heavy atom. The smallest absolute Gasteiger partial charge is 0.343 e. The number of esters is 3. The van der Waals surface area contributed by atoms with Crippen LogP contribution in [0.3, 0.4) is 0 Å². The van der Waals surface area contributed by atoms with Gasteiger partial charge >= 0.3 is 17.9 Å². The molecule has 5 rings (SSSR count). The maximum Gasteiger partial charge on any atom is 0.343 e. The first-order valence-electron chi connectivity index (χ1n) is 38.4. The van der Waals surface area contributed by atoms with E-state index in [1.54, 1.807) is 78.9 Å². The number of phenols is 1. The molecule has 0 spiro atoms. The van der Waals surface area contributed by atoms with Crippen LogP contribution in [-0.2, 0) is 0 Å². The van der Waals surface area contributed by atoms with Gasteiger partial charge in [0.2, 0.25) is 5.75 Å². The van der Waals surface area contributed by atoms with Crippen molar-refractivity contribution in [1.82, 2.24) is 0 Å². The Bertz CT molecular complexity index is 2880. The largest absolute Gasteiger partial charge is 0.507 e. The van der Waals surface area contributed by atoms with Crippen molar-refractivity contribution in [3.63, 3.8) is 0 Å². The van der Waals surface area contributed by atoms with E-state index in [-0.39, 0.29) is 39.7 Å². The van der Waals surface area contributed by atoms with Crippen molar-refractivity contribution in [3.05, 3.63) is 119 Å². The van der Waals surface area contributed by atoms with Gasteiger partial charge in [-0.1, -0.05) is 259 Å². The Morgan fingerprint density at radius 2 is 0.639 bits per heavy atom. The summed E-state index contributed by atoms with van der Waals surface area (Å²) in [7, 11) is 0. The summed E-state index contributed by atoms with van der Waals surface area (Å²) >= 11 is 0. The van der Waals surface area contributed by atoms with Gasteiger partial charge in [-0.25, -0.2) is 14.4 Å².